The number of carboxylic acids is 1. The third-order valence-electron chi connectivity index (χ3n) is 3.12. The van der Waals surface area contributed by atoms with E-state index in [1.54, 1.807) is 6.07 Å². The van der Waals surface area contributed by atoms with E-state index in [0.717, 1.165) is 9.99 Å². The fraction of sp³-hybridized carbons (Fsp3) is 0.385. The first kappa shape index (κ1) is 16.1. The van der Waals surface area contributed by atoms with E-state index >= 15 is 0 Å². The molecule has 20 heavy (non-hydrogen) atoms. The summed E-state index contributed by atoms with van der Waals surface area (Å²) in [5, 5.41) is 9.22. The Balaban J connectivity index is 2.38. The predicted octanol–water partition coefficient (Wildman–Crippen LogP) is 3.43. The largest absolute Gasteiger partial charge is 0.480 e. The van der Waals surface area contributed by atoms with E-state index in [-0.39, 0.29) is 11.3 Å². The molecule has 0 aliphatic carbocycles. The average Bonchev–Trinajstić information content (AvgIpc) is 2.84. The van der Waals surface area contributed by atoms with Crippen molar-refractivity contribution >= 4 is 62.2 Å². The van der Waals surface area contributed by atoms with Crippen molar-refractivity contribution in [1.29, 1.82) is 0 Å². The molecule has 0 radical (unpaired) electrons. The van der Waals surface area contributed by atoms with Crippen molar-refractivity contribution in [3.05, 3.63) is 31.8 Å². The summed E-state index contributed by atoms with van der Waals surface area (Å²) in [6.07, 6.45) is 0.738. The summed E-state index contributed by atoms with van der Waals surface area (Å²) in [7, 11) is 0. The van der Waals surface area contributed by atoms with E-state index < -0.39 is 12.0 Å². The number of carbonyl (C=O) groups excluding carboxylic acids is 1. The van der Waals surface area contributed by atoms with Crippen molar-refractivity contribution in [1.82, 2.24) is 4.90 Å². The van der Waals surface area contributed by atoms with E-state index in [1.165, 1.54) is 16.7 Å². The Bertz CT molecular complexity index is 554. The van der Waals surface area contributed by atoms with Crippen LogP contribution < -0.4 is 0 Å². The van der Waals surface area contributed by atoms with Gasteiger partial charge in [-0.1, -0.05) is 6.92 Å². The van der Waals surface area contributed by atoms with Gasteiger partial charge in [0.2, 0.25) is 0 Å². The van der Waals surface area contributed by atoms with Gasteiger partial charge in [0, 0.05) is 13.8 Å². The molecule has 108 valence electrons. The Labute approximate surface area is 143 Å². The molecule has 7 heteroatoms. The van der Waals surface area contributed by atoms with Crippen LogP contribution in [0.5, 0.6) is 0 Å². The van der Waals surface area contributed by atoms with Crippen LogP contribution in [0.2, 0.25) is 0 Å². The molecule has 2 atom stereocenters. The second kappa shape index (κ2) is 6.65. The maximum absolute atomic E-state index is 12.7. The third kappa shape index (κ3) is 3.14. The number of halogens is 2. The van der Waals surface area contributed by atoms with Crippen molar-refractivity contribution in [3.63, 3.8) is 0 Å². The third-order valence-corrected chi connectivity index (χ3v) is 5.94. The minimum atomic E-state index is -0.941. The van der Waals surface area contributed by atoms with E-state index in [9.17, 15) is 14.7 Å². The zero-order valence-corrected chi connectivity index (χ0v) is 15.2. The van der Waals surface area contributed by atoms with E-state index in [2.05, 4.69) is 38.5 Å². The number of hydrogen-bond donors (Lipinski definition) is 1. The second-order valence-corrected chi connectivity index (χ2v) is 7.70. The molecule has 0 saturated carbocycles. The quantitative estimate of drug-likeness (QED) is 0.689. The summed E-state index contributed by atoms with van der Waals surface area (Å²) in [6, 6.07) is 4.74. The fourth-order valence-electron chi connectivity index (χ4n) is 2.14. The SMILES string of the molecule is CCC1SCC(C(=O)O)N1C(=O)c1cc(I)ccc1Br. The molecular formula is C13H13BrINO3S. The molecule has 2 rings (SSSR count). The summed E-state index contributed by atoms with van der Waals surface area (Å²) >= 11 is 7.04. The number of rotatable bonds is 3. The van der Waals surface area contributed by atoms with Gasteiger partial charge in [0.25, 0.3) is 5.91 Å². The Morgan fingerprint density at radius 1 is 1.55 bits per heavy atom. The van der Waals surface area contributed by atoms with Crippen LogP contribution in [-0.2, 0) is 4.79 Å². The van der Waals surface area contributed by atoms with Gasteiger partial charge in [0.1, 0.15) is 6.04 Å². The van der Waals surface area contributed by atoms with E-state index in [0.29, 0.717) is 15.8 Å². The molecule has 1 saturated heterocycles. The molecule has 4 nitrogen and oxygen atoms in total. The van der Waals surface area contributed by atoms with Gasteiger partial charge in [-0.05, 0) is 63.1 Å². The molecule has 1 fully saturated rings. The number of nitrogens with zero attached hydrogens (tertiary/aromatic N) is 1. The average molecular weight is 470 g/mol. The lowest BCUT2D eigenvalue weighted by Gasteiger charge is -2.27. The Hall–Kier alpha value is -0.280. The molecule has 1 amide bonds. The molecule has 1 aromatic carbocycles. The Kier molecular flexibility index (Phi) is 5.36. The highest BCUT2D eigenvalue weighted by Crippen LogP contribution is 2.34. The minimum Gasteiger partial charge on any atom is -0.480 e. The molecule has 1 aliphatic rings. The maximum atomic E-state index is 12.7. The number of amides is 1. The highest BCUT2D eigenvalue weighted by Gasteiger charge is 2.41. The lowest BCUT2D eigenvalue weighted by atomic mass is 10.1. The summed E-state index contributed by atoms with van der Waals surface area (Å²) in [6.45, 7) is 1.96. The first-order chi connectivity index (χ1) is 9.45. The fourth-order valence-corrected chi connectivity index (χ4v) is 4.40. The van der Waals surface area contributed by atoms with Crippen molar-refractivity contribution in [2.24, 2.45) is 0 Å². The van der Waals surface area contributed by atoms with Crippen molar-refractivity contribution in [3.8, 4) is 0 Å². The summed E-state index contributed by atoms with van der Waals surface area (Å²) < 4.78 is 1.64. The van der Waals surface area contributed by atoms with Gasteiger partial charge in [0.15, 0.2) is 0 Å². The molecular weight excluding hydrogens is 457 g/mol. The highest BCUT2D eigenvalue weighted by atomic mass is 127. The maximum Gasteiger partial charge on any atom is 0.327 e. The van der Waals surface area contributed by atoms with Crippen molar-refractivity contribution in [2.45, 2.75) is 24.8 Å². The standard InChI is InChI=1S/C13H13BrINO3S/c1-2-11-16(10(6-20-11)13(18)19)12(17)8-5-7(15)3-4-9(8)14/h3-5,10-11H,2,6H2,1H3,(H,18,19). The van der Waals surface area contributed by atoms with Gasteiger partial charge in [0.05, 0.1) is 10.9 Å². The highest BCUT2D eigenvalue weighted by molar-refractivity contribution is 14.1. The van der Waals surface area contributed by atoms with E-state index in [1.807, 2.05) is 19.1 Å². The predicted molar refractivity (Wildman–Crippen MR) is 91.0 cm³/mol. The topological polar surface area (TPSA) is 57.6 Å². The smallest absolute Gasteiger partial charge is 0.327 e. The van der Waals surface area contributed by atoms with Crippen LogP contribution >= 0.6 is 50.3 Å². The number of aliphatic carboxylic acids is 1. The number of carbonyl (C=O) groups is 2. The molecule has 1 aliphatic heterocycles. The second-order valence-electron chi connectivity index (χ2n) is 4.39. The van der Waals surface area contributed by atoms with Gasteiger partial charge < -0.3 is 10.0 Å². The summed E-state index contributed by atoms with van der Waals surface area (Å²) in [4.78, 5) is 25.6. The van der Waals surface area contributed by atoms with Crippen molar-refractivity contribution < 1.29 is 14.7 Å². The number of benzene rings is 1. The molecule has 2 unspecified atom stereocenters. The molecule has 0 aromatic heterocycles. The summed E-state index contributed by atoms with van der Waals surface area (Å²) in [5.74, 6) is -0.718. The molecule has 0 spiro atoms. The lowest BCUT2D eigenvalue weighted by molar-refractivity contribution is -0.141. The normalized spacial score (nSPS) is 22.1. The lowest BCUT2D eigenvalue weighted by Crippen LogP contribution is -2.45. The van der Waals surface area contributed by atoms with Gasteiger partial charge >= 0.3 is 5.97 Å². The molecule has 1 heterocycles. The van der Waals surface area contributed by atoms with Crippen LogP contribution in [0.15, 0.2) is 22.7 Å². The van der Waals surface area contributed by atoms with Crippen molar-refractivity contribution in [2.75, 3.05) is 5.75 Å². The van der Waals surface area contributed by atoms with Crippen LogP contribution in [0.3, 0.4) is 0 Å². The number of thioether (sulfide) groups is 1. The van der Waals surface area contributed by atoms with Crippen LogP contribution in [0.1, 0.15) is 23.7 Å². The Morgan fingerprint density at radius 2 is 2.25 bits per heavy atom. The van der Waals surface area contributed by atoms with Gasteiger partial charge in [-0.3, -0.25) is 4.79 Å². The van der Waals surface area contributed by atoms with E-state index in [4.69, 9.17) is 0 Å². The van der Waals surface area contributed by atoms with Gasteiger partial charge in [-0.25, -0.2) is 4.79 Å². The molecule has 0 bridgehead atoms. The number of hydrogen-bond acceptors (Lipinski definition) is 3. The number of carboxylic acid groups (broad SMARTS) is 1. The Morgan fingerprint density at radius 3 is 2.85 bits per heavy atom. The monoisotopic (exact) mass is 469 g/mol. The first-order valence-corrected chi connectivity index (χ1v) is 9.00. The van der Waals surface area contributed by atoms with Crippen LogP contribution in [0.25, 0.3) is 0 Å². The van der Waals surface area contributed by atoms with Crippen LogP contribution in [0.4, 0.5) is 0 Å². The minimum absolute atomic E-state index is 0.0756. The summed E-state index contributed by atoms with van der Waals surface area (Å²) in [5.41, 5.74) is 0.518. The molecule has 1 aromatic rings. The first-order valence-electron chi connectivity index (χ1n) is 6.07. The molecule has 1 N–H and O–H groups in total. The van der Waals surface area contributed by atoms with Crippen LogP contribution in [0, 0.1) is 3.57 Å². The van der Waals surface area contributed by atoms with Crippen LogP contribution in [-0.4, -0.2) is 39.1 Å². The zero-order valence-electron chi connectivity index (χ0n) is 10.7. The van der Waals surface area contributed by atoms with Gasteiger partial charge in [-0.15, -0.1) is 11.8 Å². The zero-order chi connectivity index (χ0) is 14.9. The van der Waals surface area contributed by atoms with Gasteiger partial charge in [-0.2, -0.15) is 0 Å².